The molecule has 0 aliphatic carbocycles. The van der Waals surface area contributed by atoms with Crippen molar-refractivity contribution in [3.8, 4) is 17.0 Å². The van der Waals surface area contributed by atoms with Crippen LogP contribution in [-0.2, 0) is 0 Å². The van der Waals surface area contributed by atoms with E-state index in [1.54, 1.807) is 13.3 Å². The predicted octanol–water partition coefficient (Wildman–Crippen LogP) is 5.60. The topological polar surface area (TPSA) is 59.9 Å². The Bertz CT molecular complexity index is 1320. The number of hydrogen-bond acceptors (Lipinski definition) is 5. The minimum Gasteiger partial charge on any atom is -0.481 e. The van der Waals surface area contributed by atoms with Crippen LogP contribution in [0.4, 0.5) is 11.5 Å². The minimum absolute atomic E-state index is 0.601. The van der Waals surface area contributed by atoms with Crippen molar-refractivity contribution in [2.24, 2.45) is 0 Å². The molecular formula is C24H18N4O. The zero-order chi connectivity index (χ0) is 19.6. The lowest BCUT2D eigenvalue weighted by molar-refractivity contribution is 0.398. The second-order valence-electron chi connectivity index (χ2n) is 6.69. The number of anilines is 2. The Morgan fingerprint density at radius 1 is 0.793 bits per heavy atom. The summed E-state index contributed by atoms with van der Waals surface area (Å²) in [4.78, 5) is 13.3. The van der Waals surface area contributed by atoms with Crippen LogP contribution in [0.25, 0.3) is 32.8 Å². The number of pyridine rings is 3. The van der Waals surface area contributed by atoms with Gasteiger partial charge in [0.1, 0.15) is 5.82 Å². The van der Waals surface area contributed by atoms with Gasteiger partial charge in [0, 0.05) is 46.7 Å². The highest BCUT2D eigenvalue weighted by Crippen LogP contribution is 2.33. The van der Waals surface area contributed by atoms with Gasteiger partial charge in [-0.15, -0.1) is 0 Å². The molecule has 5 rings (SSSR count). The Morgan fingerprint density at radius 2 is 1.76 bits per heavy atom. The van der Waals surface area contributed by atoms with Crippen LogP contribution in [0.1, 0.15) is 0 Å². The normalized spacial score (nSPS) is 10.9. The van der Waals surface area contributed by atoms with Crippen LogP contribution in [0.2, 0.25) is 0 Å². The van der Waals surface area contributed by atoms with Gasteiger partial charge in [0.15, 0.2) is 0 Å². The summed E-state index contributed by atoms with van der Waals surface area (Å²) in [5.41, 5.74) is 4.08. The monoisotopic (exact) mass is 378 g/mol. The second-order valence-corrected chi connectivity index (χ2v) is 6.69. The van der Waals surface area contributed by atoms with E-state index in [-0.39, 0.29) is 0 Å². The SMILES string of the molecule is COc1ccc(-c2cccc3c(Nc4ccc5ncccc5c4)nccc23)cn1. The highest BCUT2D eigenvalue weighted by Gasteiger charge is 2.09. The van der Waals surface area contributed by atoms with Crippen LogP contribution in [0.3, 0.4) is 0 Å². The molecule has 140 valence electrons. The fourth-order valence-corrected chi connectivity index (χ4v) is 3.51. The van der Waals surface area contributed by atoms with Crippen LogP contribution in [-0.4, -0.2) is 22.1 Å². The molecule has 2 aromatic carbocycles. The Hall–Kier alpha value is -3.99. The number of fused-ring (bicyclic) bond motifs is 2. The summed E-state index contributed by atoms with van der Waals surface area (Å²) in [6, 6.07) is 22.2. The Labute approximate surface area is 168 Å². The van der Waals surface area contributed by atoms with Gasteiger partial charge in [-0.25, -0.2) is 9.97 Å². The molecule has 0 bridgehead atoms. The van der Waals surface area contributed by atoms with Gasteiger partial charge in [-0.1, -0.05) is 24.3 Å². The molecule has 0 amide bonds. The summed E-state index contributed by atoms with van der Waals surface area (Å²) in [7, 11) is 1.62. The first kappa shape index (κ1) is 17.1. The van der Waals surface area contributed by atoms with Crippen molar-refractivity contribution in [3.63, 3.8) is 0 Å². The van der Waals surface area contributed by atoms with E-state index in [0.29, 0.717) is 5.88 Å². The van der Waals surface area contributed by atoms with Gasteiger partial charge in [-0.05, 0) is 47.3 Å². The summed E-state index contributed by atoms with van der Waals surface area (Å²) in [5.74, 6) is 1.41. The molecule has 3 heterocycles. The van der Waals surface area contributed by atoms with Crippen molar-refractivity contribution in [1.82, 2.24) is 15.0 Å². The molecule has 29 heavy (non-hydrogen) atoms. The van der Waals surface area contributed by atoms with Gasteiger partial charge in [0.05, 0.1) is 12.6 Å². The zero-order valence-electron chi connectivity index (χ0n) is 15.8. The molecule has 5 aromatic rings. The van der Waals surface area contributed by atoms with Crippen LogP contribution in [0, 0.1) is 0 Å². The summed E-state index contributed by atoms with van der Waals surface area (Å²) in [5, 5.41) is 6.71. The molecule has 5 nitrogen and oxygen atoms in total. The van der Waals surface area contributed by atoms with Gasteiger partial charge in [-0.2, -0.15) is 0 Å². The summed E-state index contributed by atoms with van der Waals surface area (Å²) in [6.07, 6.45) is 5.46. The molecule has 0 saturated carbocycles. The van der Waals surface area contributed by atoms with Crippen molar-refractivity contribution < 1.29 is 4.74 Å². The molecular weight excluding hydrogens is 360 g/mol. The van der Waals surface area contributed by atoms with Gasteiger partial charge in [-0.3, -0.25) is 4.98 Å². The average molecular weight is 378 g/mol. The van der Waals surface area contributed by atoms with E-state index in [1.165, 1.54) is 0 Å². The lowest BCUT2D eigenvalue weighted by Gasteiger charge is -2.12. The van der Waals surface area contributed by atoms with Crippen molar-refractivity contribution in [3.05, 3.63) is 85.3 Å². The van der Waals surface area contributed by atoms with E-state index < -0.39 is 0 Å². The van der Waals surface area contributed by atoms with Gasteiger partial charge in [0.25, 0.3) is 0 Å². The van der Waals surface area contributed by atoms with Crippen molar-refractivity contribution in [2.45, 2.75) is 0 Å². The zero-order valence-corrected chi connectivity index (χ0v) is 15.8. The van der Waals surface area contributed by atoms with Crippen molar-refractivity contribution in [1.29, 1.82) is 0 Å². The largest absolute Gasteiger partial charge is 0.481 e. The maximum atomic E-state index is 5.17. The maximum Gasteiger partial charge on any atom is 0.212 e. The van der Waals surface area contributed by atoms with Crippen LogP contribution < -0.4 is 10.1 Å². The van der Waals surface area contributed by atoms with E-state index in [9.17, 15) is 0 Å². The minimum atomic E-state index is 0.601. The van der Waals surface area contributed by atoms with Crippen LogP contribution in [0.15, 0.2) is 85.3 Å². The molecule has 0 fully saturated rings. The number of hydrogen-bond donors (Lipinski definition) is 1. The third-order valence-electron chi connectivity index (χ3n) is 4.93. The number of benzene rings is 2. The molecule has 0 spiro atoms. The van der Waals surface area contributed by atoms with Crippen molar-refractivity contribution in [2.75, 3.05) is 12.4 Å². The standard InChI is InChI=1S/C24H18N4O/c1-29-23-10-7-17(15-27-23)19-5-2-6-21-20(19)11-13-26-24(21)28-18-8-9-22-16(14-18)4-3-12-25-22/h2-15H,1H3,(H,26,28). The molecule has 0 atom stereocenters. The van der Waals surface area contributed by atoms with E-state index in [1.807, 2.05) is 54.9 Å². The number of nitrogens with one attached hydrogen (secondary N) is 1. The Morgan fingerprint density at radius 3 is 2.62 bits per heavy atom. The summed E-state index contributed by atoms with van der Waals surface area (Å²) >= 11 is 0. The molecule has 0 saturated heterocycles. The van der Waals surface area contributed by atoms with Gasteiger partial charge < -0.3 is 10.1 Å². The lowest BCUT2D eigenvalue weighted by atomic mass is 10.0. The third-order valence-corrected chi connectivity index (χ3v) is 4.93. The highest BCUT2D eigenvalue weighted by atomic mass is 16.5. The molecule has 1 N–H and O–H groups in total. The average Bonchev–Trinajstić information content (AvgIpc) is 2.79. The number of rotatable bonds is 4. The number of methoxy groups -OCH3 is 1. The lowest BCUT2D eigenvalue weighted by Crippen LogP contribution is -1.95. The van der Waals surface area contributed by atoms with E-state index in [4.69, 9.17) is 4.74 Å². The number of aromatic nitrogens is 3. The number of ether oxygens (including phenoxy) is 1. The Kier molecular flexibility index (Phi) is 4.26. The molecule has 3 aromatic heterocycles. The second kappa shape index (κ2) is 7.20. The predicted molar refractivity (Wildman–Crippen MR) is 117 cm³/mol. The van der Waals surface area contributed by atoms with Gasteiger partial charge in [0.2, 0.25) is 5.88 Å². The van der Waals surface area contributed by atoms with E-state index in [2.05, 4.69) is 44.5 Å². The quantitative estimate of drug-likeness (QED) is 0.441. The Balaban J connectivity index is 1.57. The number of nitrogens with zero attached hydrogens (tertiary/aromatic N) is 3. The molecule has 5 heteroatoms. The van der Waals surface area contributed by atoms with Gasteiger partial charge >= 0.3 is 0 Å². The molecule has 0 aliphatic rings. The van der Waals surface area contributed by atoms with Crippen molar-refractivity contribution >= 4 is 33.2 Å². The fraction of sp³-hybridized carbons (Fsp3) is 0.0417. The van der Waals surface area contributed by atoms with E-state index in [0.717, 1.165) is 44.3 Å². The first-order valence-electron chi connectivity index (χ1n) is 9.32. The van der Waals surface area contributed by atoms with Crippen LogP contribution in [0.5, 0.6) is 5.88 Å². The third kappa shape index (κ3) is 3.23. The smallest absolute Gasteiger partial charge is 0.212 e. The molecule has 0 radical (unpaired) electrons. The first-order valence-corrected chi connectivity index (χ1v) is 9.32. The summed E-state index contributed by atoms with van der Waals surface area (Å²) in [6.45, 7) is 0. The maximum absolute atomic E-state index is 5.17. The first-order chi connectivity index (χ1) is 14.3. The van der Waals surface area contributed by atoms with Crippen LogP contribution >= 0.6 is 0 Å². The highest BCUT2D eigenvalue weighted by molar-refractivity contribution is 6.02. The summed E-state index contributed by atoms with van der Waals surface area (Å²) < 4.78 is 5.17. The molecule has 0 unspecified atom stereocenters. The fourth-order valence-electron chi connectivity index (χ4n) is 3.51. The molecule has 0 aliphatic heterocycles. The van der Waals surface area contributed by atoms with E-state index >= 15 is 0 Å².